The van der Waals surface area contributed by atoms with E-state index < -0.39 is 4.92 Å². The first-order valence-electron chi connectivity index (χ1n) is 6.36. The lowest BCUT2D eigenvalue weighted by molar-refractivity contribution is -0.385. The predicted molar refractivity (Wildman–Crippen MR) is 71.9 cm³/mol. The Hall–Kier alpha value is -2.13. The third kappa shape index (κ3) is 3.42. The molecule has 0 saturated carbocycles. The topological polar surface area (TPSA) is 91.0 Å². The van der Waals surface area contributed by atoms with E-state index in [2.05, 4.69) is 10.6 Å². The lowest BCUT2D eigenvalue weighted by atomic mass is 10.1. The average Bonchev–Trinajstić information content (AvgIpc) is 2.91. The standard InChI is InChI=1S/C13H16N4O2/c14-9-10-8-12(3-4-13(10)17(18)19)16-7-5-11-2-1-6-15-11/h3-4,8,11,15-16H,1-2,5-7H2/t11-/m0/s1. The summed E-state index contributed by atoms with van der Waals surface area (Å²) in [6, 6.07) is 6.95. The summed E-state index contributed by atoms with van der Waals surface area (Å²) in [5.41, 5.74) is 0.694. The number of nitrogens with zero attached hydrogens (tertiary/aromatic N) is 2. The van der Waals surface area contributed by atoms with E-state index in [0.29, 0.717) is 6.04 Å². The molecular weight excluding hydrogens is 244 g/mol. The second-order valence-corrected chi connectivity index (χ2v) is 4.61. The molecule has 1 heterocycles. The van der Waals surface area contributed by atoms with Gasteiger partial charge in [-0.05, 0) is 37.9 Å². The summed E-state index contributed by atoms with van der Waals surface area (Å²) in [7, 11) is 0. The van der Waals surface area contributed by atoms with Crippen LogP contribution < -0.4 is 10.6 Å². The number of hydrogen-bond acceptors (Lipinski definition) is 5. The van der Waals surface area contributed by atoms with E-state index in [0.717, 1.165) is 25.2 Å². The number of nitro groups is 1. The van der Waals surface area contributed by atoms with Gasteiger partial charge in [-0.25, -0.2) is 0 Å². The molecule has 1 fully saturated rings. The zero-order valence-electron chi connectivity index (χ0n) is 10.6. The molecule has 0 radical (unpaired) electrons. The van der Waals surface area contributed by atoms with Crippen molar-refractivity contribution in [2.75, 3.05) is 18.4 Å². The highest BCUT2D eigenvalue weighted by Crippen LogP contribution is 2.22. The van der Waals surface area contributed by atoms with Crippen LogP contribution in [0.3, 0.4) is 0 Å². The third-order valence-electron chi connectivity index (χ3n) is 3.30. The van der Waals surface area contributed by atoms with Crippen LogP contribution in [0.4, 0.5) is 11.4 Å². The zero-order chi connectivity index (χ0) is 13.7. The molecule has 0 amide bonds. The van der Waals surface area contributed by atoms with E-state index >= 15 is 0 Å². The van der Waals surface area contributed by atoms with Gasteiger partial charge in [-0.2, -0.15) is 5.26 Å². The Balaban J connectivity index is 1.93. The van der Waals surface area contributed by atoms with Gasteiger partial charge in [-0.1, -0.05) is 0 Å². The van der Waals surface area contributed by atoms with Crippen LogP contribution in [-0.4, -0.2) is 24.1 Å². The fourth-order valence-electron chi connectivity index (χ4n) is 2.29. The van der Waals surface area contributed by atoms with Gasteiger partial charge in [0.15, 0.2) is 0 Å². The maximum absolute atomic E-state index is 10.7. The molecule has 0 aliphatic carbocycles. The number of benzene rings is 1. The average molecular weight is 260 g/mol. The molecule has 1 atom stereocenters. The monoisotopic (exact) mass is 260 g/mol. The minimum atomic E-state index is -0.537. The van der Waals surface area contributed by atoms with Gasteiger partial charge in [0.1, 0.15) is 11.6 Å². The molecule has 0 spiro atoms. The molecule has 6 nitrogen and oxygen atoms in total. The van der Waals surface area contributed by atoms with E-state index in [1.165, 1.54) is 25.0 Å². The second-order valence-electron chi connectivity index (χ2n) is 4.61. The largest absolute Gasteiger partial charge is 0.385 e. The number of nitriles is 1. The van der Waals surface area contributed by atoms with Gasteiger partial charge in [-0.15, -0.1) is 0 Å². The van der Waals surface area contributed by atoms with Crippen molar-refractivity contribution in [1.82, 2.24) is 5.32 Å². The fraction of sp³-hybridized carbons (Fsp3) is 0.462. The maximum atomic E-state index is 10.7. The zero-order valence-corrected chi connectivity index (χ0v) is 10.6. The van der Waals surface area contributed by atoms with E-state index in [1.54, 1.807) is 6.07 Å². The Morgan fingerprint density at radius 1 is 1.58 bits per heavy atom. The molecule has 100 valence electrons. The van der Waals surface area contributed by atoms with Gasteiger partial charge in [-0.3, -0.25) is 10.1 Å². The SMILES string of the molecule is N#Cc1cc(NCC[C@@H]2CCCN2)ccc1[N+](=O)[O-]. The summed E-state index contributed by atoms with van der Waals surface area (Å²) in [6.45, 7) is 1.88. The summed E-state index contributed by atoms with van der Waals surface area (Å²) in [6.07, 6.45) is 3.44. The van der Waals surface area contributed by atoms with Gasteiger partial charge in [0, 0.05) is 24.3 Å². The van der Waals surface area contributed by atoms with Crippen LogP contribution in [0.2, 0.25) is 0 Å². The molecule has 1 aromatic rings. The van der Waals surface area contributed by atoms with Crippen molar-refractivity contribution in [3.05, 3.63) is 33.9 Å². The van der Waals surface area contributed by atoms with Crippen LogP contribution in [0.5, 0.6) is 0 Å². The highest BCUT2D eigenvalue weighted by Gasteiger charge is 2.15. The highest BCUT2D eigenvalue weighted by atomic mass is 16.6. The molecule has 0 unspecified atom stereocenters. The molecule has 2 rings (SSSR count). The summed E-state index contributed by atoms with van der Waals surface area (Å²) in [4.78, 5) is 10.2. The van der Waals surface area contributed by atoms with Crippen LogP contribution in [0.15, 0.2) is 18.2 Å². The summed E-state index contributed by atoms with van der Waals surface area (Å²) < 4.78 is 0. The van der Waals surface area contributed by atoms with E-state index in [1.807, 2.05) is 6.07 Å². The first-order valence-corrected chi connectivity index (χ1v) is 6.36. The minimum absolute atomic E-state index is 0.0917. The van der Waals surface area contributed by atoms with Gasteiger partial charge < -0.3 is 10.6 Å². The highest BCUT2D eigenvalue weighted by molar-refractivity contribution is 5.58. The molecule has 2 N–H and O–H groups in total. The maximum Gasteiger partial charge on any atom is 0.287 e. The van der Waals surface area contributed by atoms with Gasteiger partial charge >= 0.3 is 0 Å². The third-order valence-corrected chi connectivity index (χ3v) is 3.30. The normalized spacial score (nSPS) is 17.9. The quantitative estimate of drug-likeness (QED) is 0.624. The van der Waals surface area contributed by atoms with Crippen molar-refractivity contribution in [3.63, 3.8) is 0 Å². The summed E-state index contributed by atoms with van der Waals surface area (Å²) >= 11 is 0. The van der Waals surface area contributed by atoms with E-state index in [9.17, 15) is 10.1 Å². The van der Waals surface area contributed by atoms with Crippen molar-refractivity contribution in [3.8, 4) is 6.07 Å². The minimum Gasteiger partial charge on any atom is -0.385 e. The molecule has 1 aromatic carbocycles. The van der Waals surface area contributed by atoms with E-state index in [-0.39, 0.29) is 11.3 Å². The molecule has 19 heavy (non-hydrogen) atoms. The lowest BCUT2D eigenvalue weighted by Crippen LogP contribution is -2.24. The summed E-state index contributed by atoms with van der Waals surface area (Å²) in [5, 5.41) is 26.2. The molecule has 6 heteroatoms. The van der Waals surface area contributed by atoms with E-state index in [4.69, 9.17) is 5.26 Å². The number of rotatable bonds is 5. The van der Waals surface area contributed by atoms with Crippen LogP contribution in [0.1, 0.15) is 24.8 Å². The van der Waals surface area contributed by atoms with Crippen molar-refractivity contribution in [2.45, 2.75) is 25.3 Å². The van der Waals surface area contributed by atoms with Crippen molar-refractivity contribution >= 4 is 11.4 Å². The first kappa shape index (κ1) is 13.3. The predicted octanol–water partition coefficient (Wildman–Crippen LogP) is 2.02. The number of anilines is 1. The number of nitrogens with one attached hydrogen (secondary N) is 2. The molecular formula is C13H16N4O2. The number of hydrogen-bond donors (Lipinski definition) is 2. The Morgan fingerprint density at radius 2 is 2.42 bits per heavy atom. The van der Waals surface area contributed by atoms with Crippen molar-refractivity contribution in [1.29, 1.82) is 5.26 Å². The lowest BCUT2D eigenvalue weighted by Gasteiger charge is -2.11. The summed E-state index contributed by atoms with van der Waals surface area (Å²) in [5.74, 6) is 0. The fourth-order valence-corrected chi connectivity index (χ4v) is 2.29. The smallest absolute Gasteiger partial charge is 0.287 e. The molecule has 0 aromatic heterocycles. The Morgan fingerprint density at radius 3 is 3.05 bits per heavy atom. The molecule has 1 aliphatic rings. The Kier molecular flexibility index (Phi) is 4.31. The first-order chi connectivity index (χ1) is 9.20. The Labute approximate surface area is 111 Å². The van der Waals surface area contributed by atoms with Gasteiger partial charge in [0.2, 0.25) is 0 Å². The number of nitro benzene ring substituents is 1. The van der Waals surface area contributed by atoms with Crippen molar-refractivity contribution in [2.24, 2.45) is 0 Å². The van der Waals surface area contributed by atoms with Crippen LogP contribution in [-0.2, 0) is 0 Å². The second kappa shape index (κ2) is 6.16. The van der Waals surface area contributed by atoms with Crippen LogP contribution in [0, 0.1) is 21.4 Å². The Bertz CT molecular complexity index is 504. The molecule has 1 saturated heterocycles. The van der Waals surface area contributed by atoms with Crippen LogP contribution in [0.25, 0.3) is 0 Å². The van der Waals surface area contributed by atoms with Crippen LogP contribution >= 0.6 is 0 Å². The van der Waals surface area contributed by atoms with Gasteiger partial charge in [0.25, 0.3) is 5.69 Å². The molecule has 1 aliphatic heterocycles. The van der Waals surface area contributed by atoms with Crippen molar-refractivity contribution < 1.29 is 4.92 Å². The molecule has 0 bridgehead atoms. The van der Waals surface area contributed by atoms with Gasteiger partial charge in [0.05, 0.1) is 4.92 Å².